The molecule has 3 nitrogen and oxygen atoms in total. The maximum atomic E-state index is 6.19. The summed E-state index contributed by atoms with van der Waals surface area (Å²) in [6.45, 7) is 2.56. The van der Waals surface area contributed by atoms with E-state index in [9.17, 15) is 0 Å². The minimum absolute atomic E-state index is 0.597. The number of aromatic amines is 1. The molecule has 2 aromatic carbocycles. The molecule has 0 fully saturated rings. The fourth-order valence-electron chi connectivity index (χ4n) is 2.28. The number of rotatable bonds is 3. The minimum atomic E-state index is 0.597. The van der Waals surface area contributed by atoms with Crippen molar-refractivity contribution in [3.63, 3.8) is 0 Å². The van der Waals surface area contributed by atoms with Gasteiger partial charge in [0.05, 0.1) is 27.3 Å². The second-order valence-corrected chi connectivity index (χ2v) is 6.01. The van der Waals surface area contributed by atoms with Gasteiger partial charge < -0.3 is 9.72 Å². The van der Waals surface area contributed by atoms with E-state index < -0.39 is 0 Å². The average Bonchev–Trinajstić information content (AvgIpc) is 2.80. The van der Waals surface area contributed by atoms with E-state index in [4.69, 9.17) is 28.6 Å². The van der Waals surface area contributed by atoms with Crippen LogP contribution in [-0.2, 0) is 0 Å². The van der Waals surface area contributed by atoms with E-state index in [-0.39, 0.29) is 0 Å². The zero-order valence-corrected chi connectivity index (χ0v) is 14.3. The van der Waals surface area contributed by atoms with Crippen LogP contribution in [0, 0.1) is 4.77 Å². The third-order valence-electron chi connectivity index (χ3n) is 3.15. The van der Waals surface area contributed by atoms with Gasteiger partial charge in [0.2, 0.25) is 0 Å². The van der Waals surface area contributed by atoms with E-state index in [1.54, 1.807) is 0 Å². The van der Waals surface area contributed by atoms with E-state index in [1.165, 1.54) is 0 Å². The highest BCUT2D eigenvalue weighted by Gasteiger charge is 2.13. The highest BCUT2D eigenvalue weighted by Crippen LogP contribution is 2.33. The van der Waals surface area contributed by atoms with Crippen molar-refractivity contribution in [3.8, 4) is 11.4 Å². The smallest absolute Gasteiger partial charge is 0.182 e. The van der Waals surface area contributed by atoms with Crippen LogP contribution in [0.3, 0.4) is 0 Å². The third kappa shape index (κ3) is 2.50. The van der Waals surface area contributed by atoms with Crippen LogP contribution in [-0.4, -0.2) is 16.2 Å². The summed E-state index contributed by atoms with van der Waals surface area (Å²) in [7, 11) is 0. The molecule has 0 aliphatic carbocycles. The zero-order chi connectivity index (χ0) is 15.0. The zero-order valence-electron chi connectivity index (χ0n) is 11.2. The van der Waals surface area contributed by atoms with Gasteiger partial charge in [-0.25, -0.2) is 0 Å². The van der Waals surface area contributed by atoms with Crippen LogP contribution < -0.4 is 4.74 Å². The largest absolute Gasteiger partial charge is 0.492 e. The molecule has 21 heavy (non-hydrogen) atoms. The number of ether oxygens (including phenoxy) is 1. The first-order chi connectivity index (χ1) is 10.1. The molecule has 0 aliphatic heterocycles. The van der Waals surface area contributed by atoms with E-state index in [1.807, 2.05) is 47.9 Å². The molecular formula is C15H12BrClN2OS. The highest BCUT2D eigenvalue weighted by molar-refractivity contribution is 9.10. The Morgan fingerprint density at radius 1 is 1.29 bits per heavy atom. The molecule has 108 valence electrons. The van der Waals surface area contributed by atoms with Crippen LogP contribution in [0.25, 0.3) is 16.7 Å². The number of hydrogen-bond donors (Lipinski definition) is 1. The highest BCUT2D eigenvalue weighted by atomic mass is 79.9. The number of benzene rings is 2. The Balaban J connectivity index is 2.34. The van der Waals surface area contributed by atoms with Gasteiger partial charge in [0, 0.05) is 0 Å². The lowest BCUT2D eigenvalue weighted by Crippen LogP contribution is -1.96. The van der Waals surface area contributed by atoms with Crippen LogP contribution in [0.15, 0.2) is 40.9 Å². The lowest BCUT2D eigenvalue weighted by Gasteiger charge is -2.09. The summed E-state index contributed by atoms with van der Waals surface area (Å²) in [5, 5.41) is 0.643. The van der Waals surface area contributed by atoms with Crippen LogP contribution in [0.2, 0.25) is 5.02 Å². The minimum Gasteiger partial charge on any atom is -0.492 e. The lowest BCUT2D eigenvalue weighted by molar-refractivity contribution is 0.343. The Hall–Kier alpha value is -1.30. The molecule has 1 N–H and O–H groups in total. The molecule has 0 saturated carbocycles. The summed E-state index contributed by atoms with van der Waals surface area (Å²) in [5.41, 5.74) is 2.73. The molecule has 0 spiro atoms. The Morgan fingerprint density at radius 2 is 2.05 bits per heavy atom. The molecule has 0 amide bonds. The van der Waals surface area contributed by atoms with Crippen molar-refractivity contribution in [1.29, 1.82) is 0 Å². The maximum Gasteiger partial charge on any atom is 0.182 e. The number of H-pyrrole nitrogens is 1. The van der Waals surface area contributed by atoms with Gasteiger partial charge >= 0.3 is 0 Å². The van der Waals surface area contributed by atoms with Crippen molar-refractivity contribution in [2.24, 2.45) is 0 Å². The number of nitrogens with zero attached hydrogens (tertiary/aromatic N) is 1. The first-order valence-corrected chi connectivity index (χ1v) is 8.02. The summed E-state index contributed by atoms with van der Waals surface area (Å²) in [6, 6.07) is 11.6. The topological polar surface area (TPSA) is 29.9 Å². The fraction of sp³-hybridized carbons (Fsp3) is 0.133. The number of para-hydroxylation sites is 1. The molecule has 3 aromatic rings. The van der Waals surface area contributed by atoms with Gasteiger partial charge in [-0.2, -0.15) is 0 Å². The van der Waals surface area contributed by atoms with E-state index in [0.717, 1.165) is 26.9 Å². The van der Waals surface area contributed by atoms with Crippen molar-refractivity contribution >= 4 is 50.8 Å². The standard InChI is InChI=1S/C15H12BrClN2OS/c1-2-20-12-8-4-7-11-14(12)18-15(21)19(11)10-6-3-5-9(17)13(10)16/h3-8H,2H2,1H3,(H,18,21). The van der Waals surface area contributed by atoms with Gasteiger partial charge in [-0.3, -0.25) is 4.57 Å². The normalized spacial score (nSPS) is 11.0. The molecule has 0 bridgehead atoms. The number of fused-ring (bicyclic) bond motifs is 1. The fourth-order valence-corrected chi connectivity index (χ4v) is 3.19. The SMILES string of the molecule is CCOc1cccc2c1[nH]c(=S)n2-c1cccc(Cl)c1Br. The third-order valence-corrected chi connectivity index (χ3v) is 4.81. The van der Waals surface area contributed by atoms with Crippen molar-refractivity contribution in [2.75, 3.05) is 6.61 Å². The number of halogens is 2. The molecule has 1 heterocycles. The average molecular weight is 384 g/mol. The molecule has 0 saturated heterocycles. The molecule has 1 aromatic heterocycles. The lowest BCUT2D eigenvalue weighted by atomic mass is 10.2. The van der Waals surface area contributed by atoms with Crippen LogP contribution >= 0.6 is 39.7 Å². The predicted octanol–water partition coefficient (Wildman–Crippen LogP) is 5.50. The van der Waals surface area contributed by atoms with E-state index in [0.29, 0.717) is 16.4 Å². The van der Waals surface area contributed by atoms with E-state index >= 15 is 0 Å². The molecular weight excluding hydrogens is 372 g/mol. The Morgan fingerprint density at radius 3 is 2.81 bits per heavy atom. The van der Waals surface area contributed by atoms with Crippen LogP contribution in [0.5, 0.6) is 5.75 Å². The van der Waals surface area contributed by atoms with Gasteiger partial charge in [-0.15, -0.1) is 0 Å². The second-order valence-electron chi connectivity index (χ2n) is 4.42. The number of nitrogens with one attached hydrogen (secondary N) is 1. The Kier molecular flexibility index (Phi) is 4.06. The Labute approximate surface area is 140 Å². The van der Waals surface area contributed by atoms with Crippen molar-refractivity contribution < 1.29 is 4.74 Å². The van der Waals surface area contributed by atoms with Crippen LogP contribution in [0.1, 0.15) is 6.92 Å². The summed E-state index contributed by atoms with van der Waals surface area (Å²) in [6.07, 6.45) is 0. The van der Waals surface area contributed by atoms with Gasteiger partial charge in [0.15, 0.2) is 4.77 Å². The summed E-state index contributed by atoms with van der Waals surface area (Å²) < 4.78 is 9.00. The number of aromatic nitrogens is 2. The summed E-state index contributed by atoms with van der Waals surface area (Å²) >= 11 is 15.2. The van der Waals surface area contributed by atoms with Gasteiger partial charge in [-0.05, 0) is 59.3 Å². The number of hydrogen-bond acceptors (Lipinski definition) is 2. The number of imidazole rings is 1. The van der Waals surface area contributed by atoms with Crippen molar-refractivity contribution in [3.05, 3.63) is 50.7 Å². The predicted molar refractivity (Wildman–Crippen MR) is 92.3 cm³/mol. The quantitative estimate of drug-likeness (QED) is 0.605. The monoisotopic (exact) mass is 382 g/mol. The second kappa shape index (κ2) is 5.83. The Bertz CT molecular complexity index is 872. The molecule has 0 radical (unpaired) electrons. The molecule has 3 rings (SSSR count). The maximum absolute atomic E-state index is 6.19. The summed E-state index contributed by atoms with van der Waals surface area (Å²) in [5.74, 6) is 0.790. The van der Waals surface area contributed by atoms with Gasteiger partial charge in [0.25, 0.3) is 0 Å². The van der Waals surface area contributed by atoms with Crippen molar-refractivity contribution in [2.45, 2.75) is 6.92 Å². The first-order valence-electron chi connectivity index (χ1n) is 6.44. The van der Waals surface area contributed by atoms with Crippen molar-refractivity contribution in [1.82, 2.24) is 9.55 Å². The molecule has 0 unspecified atom stereocenters. The molecule has 6 heteroatoms. The summed E-state index contributed by atoms with van der Waals surface area (Å²) in [4.78, 5) is 3.21. The van der Waals surface area contributed by atoms with Crippen LogP contribution in [0.4, 0.5) is 0 Å². The van der Waals surface area contributed by atoms with E-state index in [2.05, 4.69) is 20.9 Å². The first kappa shape index (κ1) is 14.6. The van der Waals surface area contributed by atoms with Gasteiger partial charge in [-0.1, -0.05) is 23.7 Å². The van der Waals surface area contributed by atoms with Gasteiger partial charge in [0.1, 0.15) is 11.3 Å². The molecule has 0 aliphatic rings. The molecule has 0 atom stereocenters.